The van der Waals surface area contributed by atoms with Crippen molar-refractivity contribution in [2.24, 2.45) is 0 Å². The van der Waals surface area contributed by atoms with Gasteiger partial charge in [-0.05, 0) is 73.0 Å². The normalized spacial score (nSPS) is 10.6. The van der Waals surface area contributed by atoms with Gasteiger partial charge in [0.2, 0.25) is 0 Å². The average molecular weight is 456 g/mol. The fourth-order valence-electron chi connectivity index (χ4n) is 3.29. The second-order valence-corrected chi connectivity index (χ2v) is 7.68. The van der Waals surface area contributed by atoms with Crippen molar-refractivity contribution in [2.45, 2.75) is 26.5 Å². The van der Waals surface area contributed by atoms with E-state index in [1.165, 1.54) is 5.56 Å². The smallest absolute Gasteiger partial charge is 0.161 e. The van der Waals surface area contributed by atoms with Gasteiger partial charge in [0.15, 0.2) is 23.0 Å². The summed E-state index contributed by atoms with van der Waals surface area (Å²) in [6.07, 6.45) is 0.890. The Morgan fingerprint density at radius 1 is 0.719 bits per heavy atom. The Kier molecular flexibility index (Phi) is 9.08. The molecule has 0 saturated carbocycles. The van der Waals surface area contributed by atoms with Crippen molar-refractivity contribution in [1.29, 1.82) is 0 Å². The lowest BCUT2D eigenvalue weighted by molar-refractivity contribution is 0.269. The molecule has 170 valence electrons. The summed E-state index contributed by atoms with van der Waals surface area (Å²) < 4.78 is 22.5. The number of nitrogens with one attached hydrogen (secondary N) is 1. The van der Waals surface area contributed by atoms with E-state index in [9.17, 15) is 0 Å². The van der Waals surface area contributed by atoms with Gasteiger partial charge >= 0.3 is 0 Å². The van der Waals surface area contributed by atoms with Crippen molar-refractivity contribution in [3.8, 4) is 23.0 Å². The van der Waals surface area contributed by atoms with E-state index in [4.69, 9.17) is 30.5 Å². The Morgan fingerprint density at radius 2 is 1.38 bits per heavy atom. The molecular weight excluding hydrogens is 426 g/mol. The predicted octanol–water partition coefficient (Wildman–Crippen LogP) is 5.67. The van der Waals surface area contributed by atoms with Gasteiger partial charge in [-0.1, -0.05) is 35.9 Å². The van der Waals surface area contributed by atoms with Crippen molar-refractivity contribution in [1.82, 2.24) is 5.32 Å². The van der Waals surface area contributed by atoms with Crippen LogP contribution in [0.15, 0.2) is 60.7 Å². The molecule has 0 aliphatic rings. The van der Waals surface area contributed by atoms with E-state index in [0.29, 0.717) is 18.2 Å². The van der Waals surface area contributed by atoms with Crippen molar-refractivity contribution in [3.05, 3.63) is 82.4 Å². The van der Waals surface area contributed by atoms with Crippen LogP contribution in [-0.4, -0.2) is 27.4 Å². The standard InChI is InChI=1S/C26H30ClNO4/c1-4-31-26-16-21(8-12-24(26)32-18-20-5-9-22(27)10-6-20)17-28-14-13-19-7-11-23(29-2)25(15-19)30-3/h5-12,15-16,28H,4,13-14,17-18H2,1-3H3. The third-order valence-electron chi connectivity index (χ3n) is 4.98. The molecular formula is C26H30ClNO4. The molecule has 0 unspecified atom stereocenters. The fraction of sp³-hybridized carbons (Fsp3) is 0.308. The average Bonchev–Trinajstić information content (AvgIpc) is 2.82. The molecule has 5 nitrogen and oxygen atoms in total. The van der Waals surface area contributed by atoms with Crippen molar-refractivity contribution in [3.63, 3.8) is 0 Å². The van der Waals surface area contributed by atoms with Gasteiger partial charge in [-0.15, -0.1) is 0 Å². The molecule has 0 fully saturated rings. The minimum atomic E-state index is 0.458. The van der Waals surface area contributed by atoms with Crippen LogP contribution in [-0.2, 0) is 19.6 Å². The van der Waals surface area contributed by atoms with Crippen LogP contribution in [0.4, 0.5) is 0 Å². The molecule has 3 aromatic carbocycles. The first-order chi connectivity index (χ1) is 15.6. The van der Waals surface area contributed by atoms with E-state index < -0.39 is 0 Å². The predicted molar refractivity (Wildman–Crippen MR) is 128 cm³/mol. The lowest BCUT2D eigenvalue weighted by Crippen LogP contribution is -2.16. The highest BCUT2D eigenvalue weighted by Crippen LogP contribution is 2.30. The molecule has 3 rings (SSSR count). The molecule has 0 saturated heterocycles. The van der Waals surface area contributed by atoms with Crippen LogP contribution in [0.5, 0.6) is 23.0 Å². The fourth-order valence-corrected chi connectivity index (χ4v) is 3.42. The Labute approximate surface area is 195 Å². The summed E-state index contributed by atoms with van der Waals surface area (Å²) >= 11 is 5.95. The molecule has 1 N–H and O–H groups in total. The molecule has 0 bridgehead atoms. The Bertz CT molecular complexity index is 992. The molecule has 0 aromatic heterocycles. The van der Waals surface area contributed by atoms with Crippen molar-refractivity contribution in [2.75, 3.05) is 27.4 Å². The first kappa shape index (κ1) is 23.8. The van der Waals surface area contributed by atoms with E-state index in [1.807, 2.05) is 55.5 Å². The van der Waals surface area contributed by atoms with E-state index in [0.717, 1.165) is 53.6 Å². The number of hydrogen-bond donors (Lipinski definition) is 1. The summed E-state index contributed by atoms with van der Waals surface area (Å²) in [7, 11) is 3.29. The number of hydrogen-bond acceptors (Lipinski definition) is 5. The molecule has 0 aliphatic carbocycles. The second kappa shape index (κ2) is 12.2. The van der Waals surface area contributed by atoms with E-state index in [2.05, 4.69) is 17.4 Å². The summed E-state index contributed by atoms with van der Waals surface area (Å²) in [6.45, 7) is 4.59. The number of rotatable bonds is 12. The summed E-state index contributed by atoms with van der Waals surface area (Å²) in [5.74, 6) is 2.98. The van der Waals surface area contributed by atoms with Gasteiger partial charge in [-0.3, -0.25) is 0 Å². The minimum absolute atomic E-state index is 0.458. The lowest BCUT2D eigenvalue weighted by Gasteiger charge is -2.14. The van der Waals surface area contributed by atoms with Crippen LogP contribution in [0.1, 0.15) is 23.6 Å². The molecule has 6 heteroatoms. The highest BCUT2D eigenvalue weighted by Gasteiger charge is 2.08. The van der Waals surface area contributed by atoms with Crippen LogP contribution >= 0.6 is 11.6 Å². The molecule has 0 spiro atoms. The molecule has 0 amide bonds. The summed E-state index contributed by atoms with van der Waals surface area (Å²) in [5.41, 5.74) is 3.38. The largest absolute Gasteiger partial charge is 0.493 e. The van der Waals surface area contributed by atoms with Gasteiger partial charge in [0.25, 0.3) is 0 Å². The zero-order valence-electron chi connectivity index (χ0n) is 18.8. The van der Waals surface area contributed by atoms with Gasteiger partial charge in [0.1, 0.15) is 6.61 Å². The summed E-state index contributed by atoms with van der Waals surface area (Å²) in [5, 5.41) is 4.20. The van der Waals surface area contributed by atoms with Crippen molar-refractivity contribution >= 4 is 11.6 Å². The maximum absolute atomic E-state index is 5.98. The van der Waals surface area contributed by atoms with E-state index in [-0.39, 0.29) is 0 Å². The highest BCUT2D eigenvalue weighted by molar-refractivity contribution is 6.30. The third-order valence-corrected chi connectivity index (χ3v) is 5.24. The first-order valence-corrected chi connectivity index (χ1v) is 11.0. The molecule has 0 atom stereocenters. The van der Waals surface area contributed by atoms with Gasteiger partial charge in [-0.25, -0.2) is 0 Å². The number of benzene rings is 3. The monoisotopic (exact) mass is 455 g/mol. The van der Waals surface area contributed by atoms with Crippen LogP contribution in [0.25, 0.3) is 0 Å². The molecule has 0 radical (unpaired) electrons. The Balaban J connectivity index is 1.54. The number of ether oxygens (including phenoxy) is 4. The van der Waals surface area contributed by atoms with Crippen LogP contribution in [0, 0.1) is 0 Å². The molecule has 0 aliphatic heterocycles. The van der Waals surface area contributed by atoms with Gasteiger partial charge in [-0.2, -0.15) is 0 Å². The topological polar surface area (TPSA) is 49.0 Å². The lowest BCUT2D eigenvalue weighted by atomic mass is 10.1. The third kappa shape index (κ3) is 6.81. The van der Waals surface area contributed by atoms with E-state index >= 15 is 0 Å². The number of methoxy groups -OCH3 is 2. The zero-order chi connectivity index (χ0) is 22.8. The molecule has 0 heterocycles. The number of halogens is 1. The van der Waals surface area contributed by atoms with Gasteiger partial charge in [0, 0.05) is 11.6 Å². The summed E-state index contributed by atoms with van der Waals surface area (Å²) in [4.78, 5) is 0. The second-order valence-electron chi connectivity index (χ2n) is 7.25. The SMILES string of the molecule is CCOc1cc(CNCCc2ccc(OC)c(OC)c2)ccc1OCc1ccc(Cl)cc1. The molecule has 3 aromatic rings. The van der Waals surface area contributed by atoms with Crippen LogP contribution < -0.4 is 24.3 Å². The Hall–Kier alpha value is -2.89. The van der Waals surface area contributed by atoms with E-state index in [1.54, 1.807) is 14.2 Å². The van der Waals surface area contributed by atoms with Crippen molar-refractivity contribution < 1.29 is 18.9 Å². The van der Waals surface area contributed by atoms with Crippen LogP contribution in [0.3, 0.4) is 0 Å². The van der Waals surface area contributed by atoms with Crippen LogP contribution in [0.2, 0.25) is 5.02 Å². The molecule has 32 heavy (non-hydrogen) atoms. The van der Waals surface area contributed by atoms with Gasteiger partial charge in [0.05, 0.1) is 20.8 Å². The quantitative estimate of drug-likeness (QED) is 0.357. The first-order valence-electron chi connectivity index (χ1n) is 10.7. The van der Waals surface area contributed by atoms with Gasteiger partial charge < -0.3 is 24.3 Å². The maximum atomic E-state index is 5.98. The summed E-state index contributed by atoms with van der Waals surface area (Å²) in [6, 6.07) is 19.7. The minimum Gasteiger partial charge on any atom is -0.493 e. The highest BCUT2D eigenvalue weighted by atomic mass is 35.5. The maximum Gasteiger partial charge on any atom is 0.161 e. The Morgan fingerprint density at radius 3 is 2.09 bits per heavy atom. The zero-order valence-corrected chi connectivity index (χ0v) is 19.6.